The molecule has 2 atom stereocenters. The number of aliphatic carboxylic acids is 1. The molecule has 21 heavy (non-hydrogen) atoms. The minimum absolute atomic E-state index is 0.0234. The molecule has 1 aromatic carbocycles. The highest BCUT2D eigenvalue weighted by Crippen LogP contribution is 2.32. The second-order valence-corrected chi connectivity index (χ2v) is 5.24. The summed E-state index contributed by atoms with van der Waals surface area (Å²) in [5, 5.41) is 9.23. The van der Waals surface area contributed by atoms with Crippen molar-refractivity contribution in [1.82, 2.24) is 4.90 Å². The van der Waals surface area contributed by atoms with Gasteiger partial charge < -0.3 is 14.7 Å². The number of hydrogen-bond donors (Lipinski definition) is 1. The quantitative estimate of drug-likeness (QED) is 0.836. The predicted molar refractivity (Wildman–Crippen MR) is 77.8 cm³/mol. The van der Waals surface area contributed by atoms with Gasteiger partial charge in [0.25, 0.3) is 5.91 Å². The largest absolute Gasteiger partial charge is 0.480 e. The summed E-state index contributed by atoms with van der Waals surface area (Å²) < 4.78 is 5.59. The van der Waals surface area contributed by atoms with Gasteiger partial charge in [0.05, 0.1) is 0 Å². The fraction of sp³-hybridized carbons (Fsp3) is 0.500. The Hall–Kier alpha value is -1.88. The lowest BCUT2D eigenvalue weighted by Gasteiger charge is -2.30. The van der Waals surface area contributed by atoms with Crippen molar-refractivity contribution in [2.24, 2.45) is 0 Å². The maximum Gasteiger partial charge on any atom is 0.326 e. The maximum atomic E-state index is 12.8. The van der Waals surface area contributed by atoms with E-state index in [1.165, 1.54) is 4.90 Å². The van der Waals surface area contributed by atoms with Gasteiger partial charge in [-0.1, -0.05) is 30.3 Å². The molecule has 0 saturated heterocycles. The number of carbonyl (C=O) groups excluding carboxylic acids is 1. The standard InChI is InChI=1S/C16H21NO4/c1-3-21-14(12-7-5-4-6-8-12)15(18)17(13-9-10-13)11(2)16(19)20/h4-8,11,13-14H,3,9-10H2,1-2H3,(H,19,20). The third-order valence-electron chi connectivity index (χ3n) is 3.63. The summed E-state index contributed by atoms with van der Waals surface area (Å²) in [6.45, 7) is 3.77. The molecular weight excluding hydrogens is 270 g/mol. The topological polar surface area (TPSA) is 66.8 Å². The molecule has 0 radical (unpaired) electrons. The zero-order valence-corrected chi connectivity index (χ0v) is 12.4. The summed E-state index contributed by atoms with van der Waals surface area (Å²) in [4.78, 5) is 25.5. The molecule has 5 heteroatoms. The molecule has 5 nitrogen and oxygen atoms in total. The molecule has 0 spiro atoms. The minimum Gasteiger partial charge on any atom is -0.480 e. The average Bonchev–Trinajstić information content (AvgIpc) is 3.30. The first kappa shape index (κ1) is 15.5. The van der Waals surface area contributed by atoms with Crippen molar-refractivity contribution in [2.45, 2.75) is 44.9 Å². The second kappa shape index (κ2) is 6.72. The van der Waals surface area contributed by atoms with Crippen molar-refractivity contribution in [1.29, 1.82) is 0 Å². The Bertz CT molecular complexity index is 498. The number of carboxylic acids is 1. The van der Waals surface area contributed by atoms with Crippen molar-refractivity contribution < 1.29 is 19.4 Å². The third kappa shape index (κ3) is 3.61. The Labute approximate surface area is 124 Å². The molecule has 114 valence electrons. The lowest BCUT2D eigenvalue weighted by Crippen LogP contribution is -2.47. The lowest BCUT2D eigenvalue weighted by molar-refractivity contribution is -0.156. The Balaban J connectivity index is 2.25. The highest BCUT2D eigenvalue weighted by molar-refractivity contribution is 5.87. The Morgan fingerprint density at radius 1 is 1.33 bits per heavy atom. The highest BCUT2D eigenvalue weighted by Gasteiger charge is 2.41. The van der Waals surface area contributed by atoms with E-state index in [0.29, 0.717) is 6.61 Å². The van der Waals surface area contributed by atoms with Crippen LogP contribution in [-0.4, -0.2) is 40.6 Å². The number of carboxylic acid groups (broad SMARTS) is 1. The van der Waals surface area contributed by atoms with Crippen LogP contribution < -0.4 is 0 Å². The van der Waals surface area contributed by atoms with Crippen LogP contribution in [0.25, 0.3) is 0 Å². The van der Waals surface area contributed by atoms with E-state index in [9.17, 15) is 14.7 Å². The molecule has 1 saturated carbocycles. The zero-order chi connectivity index (χ0) is 15.4. The highest BCUT2D eigenvalue weighted by atomic mass is 16.5. The molecule has 0 aliphatic heterocycles. The molecule has 1 aliphatic carbocycles. The molecule has 1 amide bonds. The molecule has 1 aliphatic rings. The van der Waals surface area contributed by atoms with Crippen molar-refractivity contribution in [3.05, 3.63) is 35.9 Å². The number of nitrogens with zero attached hydrogens (tertiary/aromatic N) is 1. The van der Waals surface area contributed by atoms with E-state index in [0.717, 1.165) is 18.4 Å². The van der Waals surface area contributed by atoms with Gasteiger partial charge in [0.15, 0.2) is 6.10 Å². The molecule has 0 aromatic heterocycles. The van der Waals surface area contributed by atoms with Crippen LogP contribution in [0, 0.1) is 0 Å². The average molecular weight is 291 g/mol. The van der Waals surface area contributed by atoms with Crippen LogP contribution in [-0.2, 0) is 14.3 Å². The van der Waals surface area contributed by atoms with Gasteiger partial charge in [0, 0.05) is 12.6 Å². The van der Waals surface area contributed by atoms with E-state index in [1.54, 1.807) is 6.92 Å². The van der Waals surface area contributed by atoms with Gasteiger partial charge in [0.2, 0.25) is 0 Å². The van der Waals surface area contributed by atoms with Crippen LogP contribution in [0.2, 0.25) is 0 Å². The smallest absolute Gasteiger partial charge is 0.326 e. The molecule has 0 bridgehead atoms. The second-order valence-electron chi connectivity index (χ2n) is 5.24. The number of carbonyl (C=O) groups is 2. The molecule has 2 unspecified atom stereocenters. The summed E-state index contributed by atoms with van der Waals surface area (Å²) in [6.07, 6.45) is 0.979. The number of hydrogen-bond acceptors (Lipinski definition) is 3. The van der Waals surface area contributed by atoms with Gasteiger partial charge in [-0.25, -0.2) is 4.79 Å². The first-order valence-electron chi connectivity index (χ1n) is 7.27. The van der Waals surface area contributed by atoms with Gasteiger partial charge >= 0.3 is 5.97 Å². The van der Waals surface area contributed by atoms with Crippen molar-refractivity contribution in [3.8, 4) is 0 Å². The van der Waals surface area contributed by atoms with Crippen molar-refractivity contribution >= 4 is 11.9 Å². The van der Waals surface area contributed by atoms with Gasteiger partial charge in [-0.2, -0.15) is 0 Å². The van der Waals surface area contributed by atoms with E-state index in [-0.39, 0.29) is 11.9 Å². The first-order chi connectivity index (χ1) is 10.1. The number of amides is 1. The fourth-order valence-electron chi connectivity index (χ4n) is 2.40. The lowest BCUT2D eigenvalue weighted by atomic mass is 10.1. The van der Waals surface area contributed by atoms with Gasteiger partial charge in [-0.15, -0.1) is 0 Å². The molecule has 1 N–H and O–H groups in total. The van der Waals surface area contributed by atoms with E-state index >= 15 is 0 Å². The number of ether oxygens (including phenoxy) is 1. The Morgan fingerprint density at radius 2 is 1.95 bits per heavy atom. The van der Waals surface area contributed by atoms with E-state index in [2.05, 4.69) is 0 Å². The van der Waals surface area contributed by atoms with E-state index < -0.39 is 18.1 Å². The van der Waals surface area contributed by atoms with Crippen LogP contribution in [0.3, 0.4) is 0 Å². The zero-order valence-electron chi connectivity index (χ0n) is 12.4. The summed E-state index contributed by atoms with van der Waals surface area (Å²) in [7, 11) is 0. The molecule has 1 fully saturated rings. The summed E-state index contributed by atoms with van der Waals surface area (Å²) in [6, 6.07) is 8.40. The normalized spacial score (nSPS) is 17.0. The predicted octanol–water partition coefficient (Wildman–Crippen LogP) is 2.23. The summed E-state index contributed by atoms with van der Waals surface area (Å²) >= 11 is 0. The number of rotatable bonds is 7. The van der Waals surface area contributed by atoms with E-state index in [4.69, 9.17) is 4.74 Å². The Morgan fingerprint density at radius 3 is 2.43 bits per heavy atom. The van der Waals surface area contributed by atoms with Gasteiger partial charge in [-0.05, 0) is 32.3 Å². The van der Waals surface area contributed by atoms with Crippen LogP contribution in [0.4, 0.5) is 0 Å². The van der Waals surface area contributed by atoms with Crippen LogP contribution in [0.15, 0.2) is 30.3 Å². The molecule has 0 heterocycles. The third-order valence-corrected chi connectivity index (χ3v) is 3.63. The SMILES string of the molecule is CCOC(C(=O)N(C1CC1)C(C)C(=O)O)c1ccccc1. The number of benzene rings is 1. The van der Waals surface area contributed by atoms with Crippen LogP contribution in [0.1, 0.15) is 38.4 Å². The van der Waals surface area contributed by atoms with E-state index in [1.807, 2.05) is 37.3 Å². The van der Waals surface area contributed by atoms with Crippen LogP contribution in [0.5, 0.6) is 0 Å². The fourth-order valence-corrected chi connectivity index (χ4v) is 2.40. The van der Waals surface area contributed by atoms with Crippen molar-refractivity contribution in [2.75, 3.05) is 6.61 Å². The Kier molecular flexibility index (Phi) is 4.96. The minimum atomic E-state index is -0.987. The van der Waals surface area contributed by atoms with Gasteiger partial charge in [-0.3, -0.25) is 4.79 Å². The summed E-state index contributed by atoms with van der Waals surface area (Å²) in [5.74, 6) is -1.25. The van der Waals surface area contributed by atoms with Crippen molar-refractivity contribution in [3.63, 3.8) is 0 Å². The first-order valence-corrected chi connectivity index (χ1v) is 7.27. The maximum absolute atomic E-state index is 12.8. The molecule has 2 rings (SSSR count). The monoisotopic (exact) mass is 291 g/mol. The molecule has 1 aromatic rings. The van der Waals surface area contributed by atoms with Crippen LogP contribution >= 0.6 is 0 Å². The van der Waals surface area contributed by atoms with Gasteiger partial charge in [0.1, 0.15) is 6.04 Å². The summed E-state index contributed by atoms with van der Waals surface area (Å²) in [5.41, 5.74) is 0.757. The molecular formula is C16H21NO4.